The normalized spacial score (nSPS) is 13.8. The van der Waals surface area contributed by atoms with Crippen molar-refractivity contribution in [3.8, 4) is 5.75 Å². The van der Waals surface area contributed by atoms with Gasteiger partial charge in [-0.1, -0.05) is 24.3 Å². The molecule has 32 heavy (non-hydrogen) atoms. The van der Waals surface area contributed by atoms with E-state index in [9.17, 15) is 18.0 Å². The molecule has 0 atom stereocenters. The van der Waals surface area contributed by atoms with E-state index < -0.39 is 15.9 Å². The topological polar surface area (TPSA) is 96.0 Å². The van der Waals surface area contributed by atoms with Gasteiger partial charge in [-0.3, -0.25) is 13.9 Å². The van der Waals surface area contributed by atoms with E-state index in [1.54, 1.807) is 24.3 Å². The summed E-state index contributed by atoms with van der Waals surface area (Å²) in [5.41, 5.74) is 2.27. The Kier molecular flexibility index (Phi) is 7.74. The Labute approximate surface area is 189 Å². The molecule has 1 saturated heterocycles. The largest absolute Gasteiger partial charge is 0.494 e. The highest BCUT2D eigenvalue weighted by atomic mass is 32.2. The van der Waals surface area contributed by atoms with E-state index in [0.29, 0.717) is 31.0 Å². The fourth-order valence-corrected chi connectivity index (χ4v) is 4.45. The van der Waals surface area contributed by atoms with E-state index in [4.69, 9.17) is 4.74 Å². The summed E-state index contributed by atoms with van der Waals surface area (Å²) in [6, 6.07) is 14.2. The van der Waals surface area contributed by atoms with Crippen molar-refractivity contribution in [2.45, 2.75) is 32.9 Å². The van der Waals surface area contributed by atoms with Gasteiger partial charge >= 0.3 is 0 Å². The predicted octanol–water partition coefficient (Wildman–Crippen LogP) is 2.29. The van der Waals surface area contributed by atoms with Gasteiger partial charge in [-0.05, 0) is 48.7 Å². The van der Waals surface area contributed by atoms with Crippen molar-refractivity contribution in [3.63, 3.8) is 0 Å². The van der Waals surface area contributed by atoms with E-state index in [1.807, 2.05) is 36.1 Å². The van der Waals surface area contributed by atoms with E-state index in [0.717, 1.165) is 34.7 Å². The van der Waals surface area contributed by atoms with Crippen LogP contribution in [0, 0.1) is 0 Å². The highest BCUT2D eigenvalue weighted by Gasteiger charge is 2.21. The minimum Gasteiger partial charge on any atom is -0.494 e. The van der Waals surface area contributed by atoms with Crippen LogP contribution in [0.25, 0.3) is 0 Å². The molecule has 2 aromatic rings. The lowest BCUT2D eigenvalue weighted by molar-refractivity contribution is -0.128. The highest BCUT2D eigenvalue weighted by Crippen LogP contribution is 2.21. The van der Waals surface area contributed by atoms with Crippen LogP contribution >= 0.6 is 0 Å². The molecule has 8 nitrogen and oxygen atoms in total. The Bertz CT molecular complexity index is 1050. The van der Waals surface area contributed by atoms with Crippen LogP contribution in [-0.4, -0.2) is 51.1 Å². The van der Waals surface area contributed by atoms with Gasteiger partial charge in [0.05, 0.1) is 18.6 Å². The Morgan fingerprint density at radius 1 is 1.16 bits per heavy atom. The van der Waals surface area contributed by atoms with E-state index in [-0.39, 0.29) is 19.0 Å². The van der Waals surface area contributed by atoms with Crippen LogP contribution in [0.5, 0.6) is 5.75 Å². The van der Waals surface area contributed by atoms with E-state index >= 15 is 0 Å². The van der Waals surface area contributed by atoms with Gasteiger partial charge in [-0.25, -0.2) is 8.42 Å². The second-order valence-electron chi connectivity index (χ2n) is 7.71. The third-order valence-corrected chi connectivity index (χ3v) is 6.29. The van der Waals surface area contributed by atoms with Gasteiger partial charge in [0.2, 0.25) is 21.8 Å². The molecule has 9 heteroatoms. The molecule has 0 bridgehead atoms. The SMILES string of the molecule is CCOc1ccc(N(CC(=O)NCc2cccc(CN3CCCC3=O)c2)S(C)(=O)=O)cc1. The molecule has 0 saturated carbocycles. The van der Waals surface area contributed by atoms with Crippen molar-refractivity contribution in [1.82, 2.24) is 10.2 Å². The first kappa shape index (κ1) is 23.6. The van der Waals surface area contributed by atoms with Crippen LogP contribution < -0.4 is 14.4 Å². The highest BCUT2D eigenvalue weighted by molar-refractivity contribution is 7.92. The molecular formula is C23H29N3O5S. The van der Waals surface area contributed by atoms with E-state index in [1.165, 1.54) is 0 Å². The third-order valence-electron chi connectivity index (χ3n) is 5.15. The second-order valence-corrected chi connectivity index (χ2v) is 9.62. The van der Waals surface area contributed by atoms with Crippen LogP contribution in [0.15, 0.2) is 48.5 Å². The number of benzene rings is 2. The quantitative estimate of drug-likeness (QED) is 0.588. The molecule has 1 fully saturated rings. The average molecular weight is 460 g/mol. The summed E-state index contributed by atoms with van der Waals surface area (Å²) in [4.78, 5) is 26.2. The number of sulfonamides is 1. The molecule has 1 heterocycles. The maximum absolute atomic E-state index is 12.5. The van der Waals surface area contributed by atoms with Crippen molar-refractivity contribution in [3.05, 3.63) is 59.7 Å². The minimum absolute atomic E-state index is 0.166. The standard InChI is InChI=1S/C23H29N3O5S/c1-3-31-21-11-9-20(10-12-21)26(32(2,29)30)17-22(27)24-15-18-6-4-7-19(14-18)16-25-13-5-8-23(25)28/h4,6-7,9-12,14H,3,5,8,13,15-17H2,1-2H3,(H,24,27). The number of likely N-dealkylation sites (tertiary alicyclic amines) is 1. The van der Waals surface area contributed by atoms with Crippen LogP contribution in [-0.2, 0) is 32.7 Å². The van der Waals surface area contributed by atoms with Gasteiger partial charge in [0.1, 0.15) is 12.3 Å². The number of nitrogens with one attached hydrogen (secondary N) is 1. The number of hydrogen-bond acceptors (Lipinski definition) is 5. The summed E-state index contributed by atoms with van der Waals surface area (Å²) in [6.07, 6.45) is 2.56. The molecule has 0 unspecified atom stereocenters. The first-order valence-electron chi connectivity index (χ1n) is 10.6. The van der Waals surface area contributed by atoms with Gasteiger partial charge < -0.3 is 15.0 Å². The lowest BCUT2D eigenvalue weighted by Gasteiger charge is -2.22. The number of rotatable bonds is 10. The van der Waals surface area contributed by atoms with E-state index in [2.05, 4.69) is 5.32 Å². The molecule has 1 aliphatic rings. The molecule has 0 spiro atoms. The number of carbonyl (C=O) groups is 2. The summed E-state index contributed by atoms with van der Waals surface area (Å²) in [5.74, 6) is 0.382. The summed E-state index contributed by atoms with van der Waals surface area (Å²) in [5, 5.41) is 2.78. The zero-order valence-corrected chi connectivity index (χ0v) is 19.2. The lowest BCUT2D eigenvalue weighted by Crippen LogP contribution is -2.40. The number of hydrogen-bond donors (Lipinski definition) is 1. The van der Waals surface area contributed by atoms with Gasteiger partial charge in [0, 0.05) is 26.1 Å². The molecule has 172 valence electrons. The number of nitrogens with zero attached hydrogens (tertiary/aromatic N) is 2. The second kappa shape index (κ2) is 10.5. The van der Waals surface area contributed by atoms with Crippen molar-refractivity contribution >= 4 is 27.5 Å². The monoisotopic (exact) mass is 459 g/mol. The molecule has 0 aromatic heterocycles. The molecule has 0 radical (unpaired) electrons. The van der Waals surface area contributed by atoms with Gasteiger partial charge in [-0.2, -0.15) is 0 Å². The summed E-state index contributed by atoms with van der Waals surface area (Å²) in [7, 11) is -3.65. The fourth-order valence-electron chi connectivity index (χ4n) is 3.59. The average Bonchev–Trinajstić information content (AvgIpc) is 3.15. The Balaban J connectivity index is 1.60. The van der Waals surface area contributed by atoms with Crippen molar-refractivity contribution in [2.75, 3.05) is 30.3 Å². The van der Waals surface area contributed by atoms with Crippen molar-refractivity contribution in [1.29, 1.82) is 0 Å². The molecule has 3 rings (SSSR count). The zero-order valence-electron chi connectivity index (χ0n) is 18.4. The van der Waals surface area contributed by atoms with Gasteiger partial charge in [0.15, 0.2) is 0 Å². The number of ether oxygens (including phenoxy) is 1. The van der Waals surface area contributed by atoms with Crippen LogP contribution in [0.3, 0.4) is 0 Å². The maximum Gasteiger partial charge on any atom is 0.241 e. The summed E-state index contributed by atoms with van der Waals surface area (Å²) >= 11 is 0. The van der Waals surface area contributed by atoms with Crippen molar-refractivity contribution < 1.29 is 22.7 Å². The maximum atomic E-state index is 12.5. The Morgan fingerprint density at radius 2 is 1.88 bits per heavy atom. The van der Waals surface area contributed by atoms with Gasteiger partial charge in [0.25, 0.3) is 0 Å². The minimum atomic E-state index is -3.65. The van der Waals surface area contributed by atoms with Gasteiger partial charge in [-0.15, -0.1) is 0 Å². The number of carbonyl (C=O) groups excluding carboxylic acids is 2. The Hall–Kier alpha value is -3.07. The Morgan fingerprint density at radius 3 is 2.50 bits per heavy atom. The molecule has 0 aliphatic carbocycles. The van der Waals surface area contributed by atoms with Crippen LogP contribution in [0.1, 0.15) is 30.9 Å². The fraction of sp³-hybridized carbons (Fsp3) is 0.391. The summed E-state index contributed by atoms with van der Waals surface area (Å²) < 4.78 is 31.0. The first-order chi connectivity index (χ1) is 15.3. The molecule has 2 aromatic carbocycles. The number of anilines is 1. The smallest absolute Gasteiger partial charge is 0.241 e. The van der Waals surface area contributed by atoms with Crippen LogP contribution in [0.2, 0.25) is 0 Å². The zero-order chi connectivity index (χ0) is 23.1. The summed E-state index contributed by atoms with van der Waals surface area (Å²) in [6.45, 7) is 3.64. The lowest BCUT2D eigenvalue weighted by atomic mass is 10.1. The number of amides is 2. The molecular weight excluding hydrogens is 430 g/mol. The first-order valence-corrected chi connectivity index (χ1v) is 12.4. The molecule has 2 amide bonds. The molecule has 1 N–H and O–H groups in total. The van der Waals surface area contributed by atoms with Crippen LogP contribution in [0.4, 0.5) is 5.69 Å². The van der Waals surface area contributed by atoms with Crippen molar-refractivity contribution in [2.24, 2.45) is 0 Å². The third kappa shape index (κ3) is 6.46. The molecule has 1 aliphatic heterocycles. The predicted molar refractivity (Wildman–Crippen MR) is 123 cm³/mol.